The standard InChI is InChI=1S/C5H6N2O2/c6-3-4-5(8)9-2-1-7-4/h4,7H,1-2H2. The summed E-state index contributed by atoms with van der Waals surface area (Å²) in [5, 5.41) is 10.9. The highest BCUT2D eigenvalue weighted by Gasteiger charge is 2.21. The van der Waals surface area contributed by atoms with E-state index in [2.05, 4.69) is 10.1 Å². The van der Waals surface area contributed by atoms with Crippen LogP contribution < -0.4 is 5.32 Å². The van der Waals surface area contributed by atoms with Crippen molar-refractivity contribution in [2.75, 3.05) is 13.2 Å². The summed E-state index contributed by atoms with van der Waals surface area (Å²) in [5.41, 5.74) is 0. The van der Waals surface area contributed by atoms with Gasteiger partial charge in [-0.1, -0.05) is 0 Å². The third-order valence-electron chi connectivity index (χ3n) is 1.06. The maximum absolute atomic E-state index is 10.5. The molecule has 1 saturated heterocycles. The second-order valence-corrected chi connectivity index (χ2v) is 1.68. The molecule has 1 aliphatic heterocycles. The lowest BCUT2D eigenvalue weighted by molar-refractivity contribution is -0.147. The molecule has 4 heteroatoms. The number of rotatable bonds is 0. The Morgan fingerprint density at radius 3 is 3.11 bits per heavy atom. The summed E-state index contributed by atoms with van der Waals surface area (Å²) < 4.78 is 4.56. The fourth-order valence-electron chi connectivity index (χ4n) is 0.620. The van der Waals surface area contributed by atoms with Gasteiger partial charge >= 0.3 is 5.97 Å². The predicted molar refractivity (Wildman–Crippen MR) is 28.4 cm³/mol. The molecule has 0 bridgehead atoms. The molecule has 1 fully saturated rings. The fraction of sp³-hybridized carbons (Fsp3) is 0.600. The van der Waals surface area contributed by atoms with Crippen LogP contribution in [-0.2, 0) is 9.53 Å². The molecule has 0 aromatic rings. The Labute approximate surface area is 52.4 Å². The van der Waals surface area contributed by atoms with E-state index in [1.807, 2.05) is 0 Å². The first-order valence-corrected chi connectivity index (χ1v) is 2.64. The van der Waals surface area contributed by atoms with Crippen molar-refractivity contribution in [1.29, 1.82) is 5.26 Å². The molecule has 0 aromatic carbocycles. The van der Waals surface area contributed by atoms with Crippen LogP contribution in [-0.4, -0.2) is 25.2 Å². The van der Waals surface area contributed by atoms with Gasteiger partial charge in [0.25, 0.3) is 0 Å². The van der Waals surface area contributed by atoms with Crippen LogP contribution in [0, 0.1) is 11.3 Å². The van der Waals surface area contributed by atoms with E-state index in [0.29, 0.717) is 13.2 Å². The predicted octanol–water partition coefficient (Wildman–Crippen LogP) is -0.975. The second kappa shape index (κ2) is 2.46. The van der Waals surface area contributed by atoms with Crippen molar-refractivity contribution < 1.29 is 9.53 Å². The van der Waals surface area contributed by atoms with Crippen molar-refractivity contribution in [2.24, 2.45) is 0 Å². The van der Waals surface area contributed by atoms with E-state index in [1.54, 1.807) is 6.07 Å². The highest BCUT2D eigenvalue weighted by Crippen LogP contribution is 1.92. The lowest BCUT2D eigenvalue weighted by Crippen LogP contribution is -2.44. The molecular formula is C5H6N2O2. The number of morpholine rings is 1. The quantitative estimate of drug-likeness (QED) is 0.424. The number of carbonyl (C=O) groups excluding carboxylic acids is 1. The van der Waals surface area contributed by atoms with Crippen molar-refractivity contribution in [3.05, 3.63) is 0 Å². The number of ether oxygens (including phenoxy) is 1. The Kier molecular flexibility index (Phi) is 1.66. The van der Waals surface area contributed by atoms with Crippen LogP contribution in [0.25, 0.3) is 0 Å². The van der Waals surface area contributed by atoms with Crippen molar-refractivity contribution in [3.63, 3.8) is 0 Å². The third kappa shape index (κ3) is 1.18. The smallest absolute Gasteiger partial charge is 0.338 e. The molecule has 0 aliphatic carbocycles. The van der Waals surface area contributed by atoms with E-state index in [4.69, 9.17) is 5.26 Å². The minimum absolute atomic E-state index is 0.372. The van der Waals surface area contributed by atoms with Gasteiger partial charge in [0.1, 0.15) is 6.61 Å². The first-order chi connectivity index (χ1) is 4.34. The zero-order valence-electron chi connectivity index (χ0n) is 4.76. The summed E-state index contributed by atoms with van der Waals surface area (Å²) in [7, 11) is 0. The second-order valence-electron chi connectivity index (χ2n) is 1.68. The minimum Gasteiger partial charge on any atom is -0.462 e. The van der Waals surface area contributed by atoms with Crippen molar-refractivity contribution in [1.82, 2.24) is 5.32 Å². The molecule has 1 N–H and O–H groups in total. The molecule has 1 aliphatic rings. The number of nitrogens with one attached hydrogen (secondary N) is 1. The highest BCUT2D eigenvalue weighted by molar-refractivity contribution is 5.79. The van der Waals surface area contributed by atoms with Crippen LogP contribution in [0.3, 0.4) is 0 Å². The molecule has 0 spiro atoms. The van der Waals surface area contributed by atoms with Crippen LogP contribution in [0.1, 0.15) is 0 Å². The molecule has 0 saturated carbocycles. The van der Waals surface area contributed by atoms with Gasteiger partial charge in [0.2, 0.25) is 0 Å². The first-order valence-electron chi connectivity index (χ1n) is 2.64. The Morgan fingerprint density at radius 2 is 2.67 bits per heavy atom. The van der Waals surface area contributed by atoms with E-state index < -0.39 is 12.0 Å². The number of hydrogen-bond donors (Lipinski definition) is 1. The normalized spacial score (nSPS) is 26.6. The van der Waals surface area contributed by atoms with Crippen molar-refractivity contribution in [2.45, 2.75) is 6.04 Å². The van der Waals surface area contributed by atoms with Crippen LogP contribution in [0.4, 0.5) is 0 Å². The fourth-order valence-corrected chi connectivity index (χ4v) is 0.620. The molecule has 9 heavy (non-hydrogen) atoms. The largest absolute Gasteiger partial charge is 0.462 e. The summed E-state index contributed by atoms with van der Waals surface area (Å²) in [6.45, 7) is 0.945. The number of nitriles is 1. The molecule has 1 unspecified atom stereocenters. The number of hydrogen-bond acceptors (Lipinski definition) is 4. The molecule has 48 valence electrons. The molecule has 1 atom stereocenters. The van der Waals surface area contributed by atoms with Gasteiger partial charge in [-0.3, -0.25) is 5.32 Å². The van der Waals surface area contributed by atoms with Crippen LogP contribution in [0.2, 0.25) is 0 Å². The summed E-state index contributed by atoms with van der Waals surface area (Å²) in [4.78, 5) is 10.5. The summed E-state index contributed by atoms with van der Waals surface area (Å²) in [5.74, 6) is -0.469. The van der Waals surface area contributed by atoms with Gasteiger partial charge in [-0.15, -0.1) is 0 Å². The zero-order valence-corrected chi connectivity index (χ0v) is 4.76. The summed E-state index contributed by atoms with van der Waals surface area (Å²) in [6.07, 6.45) is 0. The Hall–Kier alpha value is -1.08. The summed E-state index contributed by atoms with van der Waals surface area (Å²) in [6, 6.07) is 1.02. The van der Waals surface area contributed by atoms with Crippen molar-refractivity contribution in [3.8, 4) is 6.07 Å². The van der Waals surface area contributed by atoms with Gasteiger partial charge in [0.15, 0.2) is 6.04 Å². The van der Waals surface area contributed by atoms with Gasteiger partial charge in [-0.25, -0.2) is 4.79 Å². The van der Waals surface area contributed by atoms with E-state index in [-0.39, 0.29) is 0 Å². The van der Waals surface area contributed by atoms with E-state index in [9.17, 15) is 4.79 Å². The molecule has 0 amide bonds. The molecule has 1 rings (SSSR count). The van der Waals surface area contributed by atoms with E-state index >= 15 is 0 Å². The SMILES string of the molecule is N#CC1NCCOC1=O. The average Bonchev–Trinajstić information content (AvgIpc) is 1.89. The average molecular weight is 126 g/mol. The van der Waals surface area contributed by atoms with Gasteiger partial charge in [0.05, 0.1) is 6.07 Å². The van der Waals surface area contributed by atoms with Gasteiger partial charge in [-0.2, -0.15) is 5.26 Å². The maximum atomic E-state index is 10.5. The Morgan fingerprint density at radius 1 is 1.89 bits per heavy atom. The van der Waals surface area contributed by atoms with Crippen LogP contribution >= 0.6 is 0 Å². The van der Waals surface area contributed by atoms with E-state index in [0.717, 1.165) is 0 Å². The number of cyclic esters (lactones) is 1. The molecular weight excluding hydrogens is 120 g/mol. The highest BCUT2D eigenvalue weighted by atomic mass is 16.5. The summed E-state index contributed by atoms with van der Waals surface area (Å²) >= 11 is 0. The molecule has 1 heterocycles. The molecule has 0 radical (unpaired) electrons. The zero-order chi connectivity index (χ0) is 6.69. The van der Waals surface area contributed by atoms with E-state index in [1.165, 1.54) is 0 Å². The van der Waals surface area contributed by atoms with Crippen LogP contribution in [0.5, 0.6) is 0 Å². The Bertz CT molecular complexity index is 161. The van der Waals surface area contributed by atoms with Crippen molar-refractivity contribution >= 4 is 5.97 Å². The molecule has 0 aromatic heterocycles. The minimum atomic E-state index is -0.751. The van der Waals surface area contributed by atoms with Crippen LogP contribution in [0.15, 0.2) is 0 Å². The third-order valence-corrected chi connectivity index (χ3v) is 1.06. The van der Waals surface area contributed by atoms with Gasteiger partial charge < -0.3 is 4.74 Å². The topological polar surface area (TPSA) is 62.1 Å². The number of carbonyl (C=O) groups is 1. The number of esters is 1. The lowest BCUT2D eigenvalue weighted by Gasteiger charge is -2.15. The number of nitrogens with zero attached hydrogens (tertiary/aromatic N) is 1. The van der Waals surface area contributed by atoms with Gasteiger partial charge in [0, 0.05) is 6.54 Å². The first kappa shape index (κ1) is 6.05. The van der Waals surface area contributed by atoms with Gasteiger partial charge in [-0.05, 0) is 0 Å². The maximum Gasteiger partial charge on any atom is 0.338 e. The Balaban J connectivity index is 2.51. The monoisotopic (exact) mass is 126 g/mol. The lowest BCUT2D eigenvalue weighted by atomic mass is 10.3. The molecule has 4 nitrogen and oxygen atoms in total.